The third-order valence-corrected chi connectivity index (χ3v) is 4.14. The van der Waals surface area contributed by atoms with Crippen LogP contribution in [0.5, 0.6) is 5.75 Å². The highest BCUT2D eigenvalue weighted by Crippen LogP contribution is 2.16. The second kappa shape index (κ2) is 8.12. The monoisotopic (exact) mass is 306 g/mol. The second-order valence-corrected chi connectivity index (χ2v) is 5.95. The number of ether oxygens (including phenoxy) is 1. The van der Waals surface area contributed by atoms with Crippen LogP contribution in [0.25, 0.3) is 0 Å². The van der Waals surface area contributed by atoms with Crippen molar-refractivity contribution in [1.29, 1.82) is 0 Å². The van der Waals surface area contributed by atoms with Crippen LogP contribution < -0.4 is 10.1 Å². The van der Waals surface area contributed by atoms with Gasteiger partial charge in [0.25, 0.3) is 0 Å². The molecule has 0 saturated carbocycles. The molecule has 4 nitrogen and oxygen atoms in total. The van der Waals surface area contributed by atoms with E-state index in [-0.39, 0.29) is 12.6 Å². The first kappa shape index (κ1) is 15.9. The molecule has 2 N–H and O–H groups in total. The van der Waals surface area contributed by atoms with Gasteiger partial charge in [-0.1, -0.05) is 24.6 Å². The first-order valence-electron chi connectivity index (χ1n) is 7.18. The van der Waals surface area contributed by atoms with Crippen LogP contribution >= 0.6 is 11.3 Å². The third kappa shape index (κ3) is 5.12. The zero-order chi connectivity index (χ0) is 15.1. The minimum Gasteiger partial charge on any atom is -0.486 e. The van der Waals surface area contributed by atoms with Crippen LogP contribution in [-0.4, -0.2) is 22.7 Å². The normalized spacial score (nSPS) is 12.3. The van der Waals surface area contributed by atoms with Crippen molar-refractivity contribution >= 4 is 11.3 Å². The summed E-state index contributed by atoms with van der Waals surface area (Å²) >= 11 is 1.60. The molecule has 0 aliphatic carbocycles. The molecule has 114 valence electrons. The Morgan fingerprint density at radius 1 is 1.33 bits per heavy atom. The van der Waals surface area contributed by atoms with E-state index in [4.69, 9.17) is 9.84 Å². The van der Waals surface area contributed by atoms with E-state index >= 15 is 0 Å². The fraction of sp³-hybridized carbons (Fsp3) is 0.438. The molecule has 1 aromatic carbocycles. The van der Waals surface area contributed by atoms with Crippen molar-refractivity contribution in [1.82, 2.24) is 10.3 Å². The van der Waals surface area contributed by atoms with E-state index in [0.29, 0.717) is 13.2 Å². The zero-order valence-corrected chi connectivity index (χ0v) is 13.3. The molecule has 0 radical (unpaired) electrons. The van der Waals surface area contributed by atoms with E-state index < -0.39 is 0 Å². The molecular weight excluding hydrogens is 284 g/mol. The Bertz CT molecular complexity index is 535. The Morgan fingerprint density at radius 3 is 2.76 bits per heavy atom. The van der Waals surface area contributed by atoms with E-state index in [1.165, 1.54) is 5.56 Å². The van der Waals surface area contributed by atoms with Gasteiger partial charge in [-0.3, -0.25) is 0 Å². The maximum atomic E-state index is 9.14. The molecule has 0 spiro atoms. The fourth-order valence-corrected chi connectivity index (χ4v) is 2.57. The largest absolute Gasteiger partial charge is 0.486 e. The van der Waals surface area contributed by atoms with Crippen molar-refractivity contribution < 1.29 is 9.84 Å². The number of thiazole rings is 1. The number of aromatic nitrogens is 1. The molecule has 2 aromatic rings. The Labute approximate surface area is 129 Å². The topological polar surface area (TPSA) is 54.4 Å². The van der Waals surface area contributed by atoms with Crippen molar-refractivity contribution in [3.63, 3.8) is 0 Å². The van der Waals surface area contributed by atoms with Gasteiger partial charge in [-0.2, -0.15) is 0 Å². The first-order valence-corrected chi connectivity index (χ1v) is 8.06. The van der Waals surface area contributed by atoms with E-state index in [1.807, 2.05) is 29.6 Å². The van der Waals surface area contributed by atoms with E-state index in [9.17, 15) is 0 Å². The molecule has 1 heterocycles. The average molecular weight is 306 g/mol. The summed E-state index contributed by atoms with van der Waals surface area (Å²) < 4.78 is 5.72. The Kier molecular flexibility index (Phi) is 6.17. The molecule has 0 aliphatic heterocycles. The summed E-state index contributed by atoms with van der Waals surface area (Å²) in [5, 5.41) is 15.4. The van der Waals surface area contributed by atoms with Crippen LogP contribution in [0.3, 0.4) is 0 Å². The van der Waals surface area contributed by atoms with Gasteiger partial charge in [-0.05, 0) is 25.5 Å². The highest BCUT2D eigenvalue weighted by atomic mass is 32.1. The number of aliphatic hydroxyl groups is 1. The summed E-state index contributed by atoms with van der Waals surface area (Å²) in [6.45, 7) is 5.44. The van der Waals surface area contributed by atoms with Gasteiger partial charge in [-0.15, -0.1) is 11.3 Å². The van der Waals surface area contributed by atoms with Crippen LogP contribution in [0.1, 0.15) is 29.6 Å². The Morgan fingerprint density at radius 2 is 2.10 bits per heavy atom. The smallest absolute Gasteiger partial charge is 0.140 e. The fourth-order valence-electron chi connectivity index (χ4n) is 1.86. The quantitative estimate of drug-likeness (QED) is 0.787. The predicted octanol–water partition coefficient (Wildman–Crippen LogP) is 2.89. The molecule has 0 aliphatic rings. The number of hydrogen-bond donors (Lipinski definition) is 2. The van der Waals surface area contributed by atoms with Crippen molar-refractivity contribution in [2.75, 3.05) is 6.61 Å². The van der Waals surface area contributed by atoms with Crippen LogP contribution in [-0.2, 0) is 13.2 Å². The lowest BCUT2D eigenvalue weighted by atomic mass is 10.2. The van der Waals surface area contributed by atoms with Crippen LogP contribution in [0.2, 0.25) is 0 Å². The Balaban J connectivity index is 1.81. The van der Waals surface area contributed by atoms with E-state index in [2.05, 4.69) is 24.1 Å². The maximum absolute atomic E-state index is 9.14. The number of aliphatic hydroxyl groups excluding tert-OH is 1. The predicted molar refractivity (Wildman–Crippen MR) is 85.6 cm³/mol. The molecule has 0 saturated heterocycles. The SMILES string of the molecule is CCC(CO)NCc1csc(COc2ccc(C)cc2)n1. The van der Waals surface area contributed by atoms with Gasteiger partial charge in [0, 0.05) is 18.0 Å². The Hall–Kier alpha value is -1.43. The maximum Gasteiger partial charge on any atom is 0.140 e. The minimum absolute atomic E-state index is 0.138. The first-order chi connectivity index (χ1) is 10.2. The summed E-state index contributed by atoms with van der Waals surface area (Å²) in [5.74, 6) is 0.863. The number of benzene rings is 1. The summed E-state index contributed by atoms with van der Waals surface area (Å²) in [7, 11) is 0. The molecule has 1 unspecified atom stereocenters. The van der Waals surface area contributed by atoms with E-state index in [1.54, 1.807) is 11.3 Å². The van der Waals surface area contributed by atoms with Crippen LogP contribution in [0.4, 0.5) is 0 Å². The van der Waals surface area contributed by atoms with Crippen molar-refractivity contribution in [2.45, 2.75) is 39.5 Å². The molecular formula is C16H22N2O2S. The highest BCUT2D eigenvalue weighted by Gasteiger charge is 2.07. The summed E-state index contributed by atoms with van der Waals surface area (Å²) in [6, 6.07) is 8.15. The highest BCUT2D eigenvalue weighted by molar-refractivity contribution is 7.09. The lowest BCUT2D eigenvalue weighted by molar-refractivity contribution is 0.238. The second-order valence-electron chi connectivity index (χ2n) is 5.00. The van der Waals surface area contributed by atoms with Gasteiger partial charge in [0.15, 0.2) is 0 Å². The summed E-state index contributed by atoms with van der Waals surface area (Å²) in [5.41, 5.74) is 2.22. The van der Waals surface area contributed by atoms with Gasteiger partial charge >= 0.3 is 0 Å². The minimum atomic E-state index is 0.138. The standard InChI is InChI=1S/C16H22N2O2S/c1-3-13(9-19)17-8-14-11-21-16(18-14)10-20-15-6-4-12(2)5-7-15/h4-7,11,13,17,19H,3,8-10H2,1-2H3. The zero-order valence-electron chi connectivity index (χ0n) is 12.5. The number of aryl methyl sites for hydroxylation is 1. The van der Waals surface area contributed by atoms with Crippen LogP contribution in [0.15, 0.2) is 29.6 Å². The lowest BCUT2D eigenvalue weighted by Crippen LogP contribution is -2.31. The number of nitrogens with one attached hydrogen (secondary N) is 1. The number of hydrogen-bond acceptors (Lipinski definition) is 5. The molecule has 2 rings (SSSR count). The van der Waals surface area contributed by atoms with Crippen molar-refractivity contribution in [3.8, 4) is 5.75 Å². The van der Waals surface area contributed by atoms with Crippen LogP contribution in [0, 0.1) is 6.92 Å². The summed E-state index contributed by atoms with van der Waals surface area (Å²) in [6.07, 6.45) is 0.907. The molecule has 1 aromatic heterocycles. The molecule has 21 heavy (non-hydrogen) atoms. The van der Waals surface area contributed by atoms with Gasteiger partial charge in [0.05, 0.1) is 12.3 Å². The van der Waals surface area contributed by atoms with Crippen molar-refractivity contribution in [2.24, 2.45) is 0 Å². The van der Waals surface area contributed by atoms with Gasteiger partial charge in [0.2, 0.25) is 0 Å². The average Bonchev–Trinajstić information content (AvgIpc) is 2.96. The van der Waals surface area contributed by atoms with Gasteiger partial charge < -0.3 is 15.2 Å². The molecule has 5 heteroatoms. The third-order valence-electron chi connectivity index (χ3n) is 3.27. The van der Waals surface area contributed by atoms with Gasteiger partial charge in [-0.25, -0.2) is 4.98 Å². The summed E-state index contributed by atoms with van der Waals surface area (Å²) in [4.78, 5) is 4.53. The molecule has 0 bridgehead atoms. The molecule has 1 atom stereocenters. The molecule has 0 amide bonds. The number of nitrogens with zero attached hydrogens (tertiary/aromatic N) is 1. The van der Waals surface area contributed by atoms with Crippen molar-refractivity contribution in [3.05, 3.63) is 45.9 Å². The number of rotatable bonds is 8. The van der Waals surface area contributed by atoms with E-state index in [0.717, 1.165) is 22.9 Å². The van der Waals surface area contributed by atoms with Gasteiger partial charge in [0.1, 0.15) is 17.4 Å². The molecule has 0 fully saturated rings. The lowest BCUT2D eigenvalue weighted by Gasteiger charge is -2.12.